The second-order valence-electron chi connectivity index (χ2n) is 6.35. The minimum absolute atomic E-state index is 0.207. The zero-order valence-electron chi connectivity index (χ0n) is 13.8. The Hall–Kier alpha value is -1.08. The highest BCUT2D eigenvalue weighted by Crippen LogP contribution is 2.26. The van der Waals surface area contributed by atoms with E-state index in [0.29, 0.717) is 35.7 Å². The highest BCUT2D eigenvalue weighted by atomic mass is 35.5. The Morgan fingerprint density at radius 2 is 2.04 bits per heavy atom. The van der Waals surface area contributed by atoms with Gasteiger partial charge in [0.15, 0.2) is 0 Å². The summed E-state index contributed by atoms with van der Waals surface area (Å²) < 4.78 is 0. The Labute approximate surface area is 152 Å². The van der Waals surface area contributed by atoms with Gasteiger partial charge in [-0.2, -0.15) is 0 Å². The molecule has 1 amide bonds. The van der Waals surface area contributed by atoms with Crippen LogP contribution < -0.4 is 10.2 Å². The summed E-state index contributed by atoms with van der Waals surface area (Å²) in [5, 5.41) is 4.43. The summed E-state index contributed by atoms with van der Waals surface area (Å²) in [7, 11) is 0. The molecule has 0 spiro atoms. The summed E-state index contributed by atoms with van der Waals surface area (Å²) in [6.45, 7) is 8.34. The lowest BCUT2D eigenvalue weighted by molar-refractivity contribution is -0.133. The summed E-state index contributed by atoms with van der Waals surface area (Å²) >= 11 is 12.1. The summed E-state index contributed by atoms with van der Waals surface area (Å²) in [6, 6.07) is 2.11. The van der Waals surface area contributed by atoms with Gasteiger partial charge in [-0.1, -0.05) is 23.2 Å². The normalized spacial score (nSPS) is 22.7. The molecular formula is C16H23Cl2N5O. The Morgan fingerprint density at radius 3 is 2.71 bits per heavy atom. The zero-order chi connectivity index (χ0) is 17.1. The predicted molar refractivity (Wildman–Crippen MR) is 97.0 cm³/mol. The Morgan fingerprint density at radius 1 is 1.29 bits per heavy atom. The molecule has 2 fully saturated rings. The molecule has 1 atom stereocenters. The van der Waals surface area contributed by atoms with Crippen LogP contribution in [0.4, 0.5) is 5.82 Å². The number of carbonyl (C=O) groups is 1. The molecular weight excluding hydrogens is 349 g/mol. The van der Waals surface area contributed by atoms with Crippen LogP contribution in [0.3, 0.4) is 0 Å². The standard InChI is InChI=1S/C16H23Cl2N5O/c1-12-9-19-2-3-23(12)11-15(24)21-4-6-22(7-5-21)16-14(18)8-13(17)10-20-16/h8,10,12,19H,2-7,9,11H2,1H3/t12-/m0/s1. The van der Waals surface area contributed by atoms with Crippen LogP contribution in [-0.4, -0.2) is 79.1 Å². The van der Waals surface area contributed by atoms with Crippen LogP contribution in [0.1, 0.15) is 6.92 Å². The minimum Gasteiger partial charge on any atom is -0.352 e. The molecule has 2 aliphatic rings. The number of nitrogens with one attached hydrogen (secondary N) is 1. The molecule has 1 aromatic heterocycles. The van der Waals surface area contributed by atoms with Gasteiger partial charge in [0.2, 0.25) is 5.91 Å². The summed E-state index contributed by atoms with van der Waals surface area (Å²) in [4.78, 5) is 23.2. The lowest BCUT2D eigenvalue weighted by atomic mass is 10.2. The minimum atomic E-state index is 0.207. The van der Waals surface area contributed by atoms with Crippen molar-refractivity contribution in [3.8, 4) is 0 Å². The van der Waals surface area contributed by atoms with Gasteiger partial charge < -0.3 is 15.1 Å². The molecule has 3 heterocycles. The molecule has 0 aliphatic carbocycles. The number of aromatic nitrogens is 1. The van der Waals surface area contributed by atoms with E-state index in [4.69, 9.17) is 23.2 Å². The Balaban J connectivity index is 1.53. The highest BCUT2D eigenvalue weighted by Gasteiger charge is 2.26. The van der Waals surface area contributed by atoms with E-state index in [9.17, 15) is 4.79 Å². The van der Waals surface area contributed by atoms with E-state index < -0.39 is 0 Å². The Bertz CT molecular complexity index is 592. The van der Waals surface area contributed by atoms with Crippen molar-refractivity contribution in [2.24, 2.45) is 0 Å². The number of piperazine rings is 2. The van der Waals surface area contributed by atoms with Crippen LogP contribution in [0.15, 0.2) is 12.3 Å². The molecule has 132 valence electrons. The van der Waals surface area contributed by atoms with Crippen molar-refractivity contribution in [3.05, 3.63) is 22.3 Å². The number of hydrogen-bond donors (Lipinski definition) is 1. The number of carbonyl (C=O) groups excluding carboxylic acids is 1. The zero-order valence-corrected chi connectivity index (χ0v) is 15.4. The van der Waals surface area contributed by atoms with Crippen LogP contribution >= 0.6 is 23.2 Å². The molecule has 1 N–H and O–H groups in total. The molecule has 3 rings (SSSR count). The van der Waals surface area contributed by atoms with E-state index in [1.165, 1.54) is 0 Å². The smallest absolute Gasteiger partial charge is 0.236 e. The Kier molecular flexibility index (Phi) is 5.81. The molecule has 24 heavy (non-hydrogen) atoms. The van der Waals surface area contributed by atoms with Crippen molar-refractivity contribution in [1.29, 1.82) is 0 Å². The third-order valence-electron chi connectivity index (χ3n) is 4.70. The number of rotatable bonds is 3. The molecule has 6 nitrogen and oxygen atoms in total. The van der Waals surface area contributed by atoms with E-state index in [2.05, 4.69) is 27.0 Å². The number of anilines is 1. The third-order valence-corrected chi connectivity index (χ3v) is 5.18. The van der Waals surface area contributed by atoms with Gasteiger partial charge in [0.25, 0.3) is 0 Å². The number of halogens is 2. The number of hydrogen-bond acceptors (Lipinski definition) is 5. The SMILES string of the molecule is C[C@H]1CNCCN1CC(=O)N1CCN(c2ncc(Cl)cc2Cl)CC1. The van der Waals surface area contributed by atoms with Gasteiger partial charge in [0.05, 0.1) is 16.6 Å². The van der Waals surface area contributed by atoms with Crippen LogP contribution in [0.5, 0.6) is 0 Å². The summed E-state index contributed by atoms with van der Waals surface area (Å²) in [5.74, 6) is 0.947. The van der Waals surface area contributed by atoms with Crippen LogP contribution in [-0.2, 0) is 4.79 Å². The van der Waals surface area contributed by atoms with Gasteiger partial charge in [-0.05, 0) is 13.0 Å². The van der Waals surface area contributed by atoms with E-state index >= 15 is 0 Å². The lowest BCUT2D eigenvalue weighted by Crippen LogP contribution is -2.55. The van der Waals surface area contributed by atoms with Crippen LogP contribution in [0.2, 0.25) is 10.0 Å². The van der Waals surface area contributed by atoms with E-state index in [1.807, 2.05) is 4.90 Å². The molecule has 0 radical (unpaired) electrons. The fourth-order valence-corrected chi connectivity index (χ4v) is 3.70. The van der Waals surface area contributed by atoms with E-state index in [-0.39, 0.29) is 5.91 Å². The maximum absolute atomic E-state index is 12.6. The summed E-state index contributed by atoms with van der Waals surface area (Å²) in [5.41, 5.74) is 0. The maximum atomic E-state index is 12.6. The van der Waals surface area contributed by atoms with Crippen molar-refractivity contribution in [3.63, 3.8) is 0 Å². The first-order valence-corrected chi connectivity index (χ1v) is 9.08. The van der Waals surface area contributed by atoms with Crippen molar-refractivity contribution < 1.29 is 4.79 Å². The average molecular weight is 372 g/mol. The summed E-state index contributed by atoms with van der Waals surface area (Å²) in [6.07, 6.45) is 1.60. The lowest BCUT2D eigenvalue weighted by Gasteiger charge is -2.38. The second-order valence-corrected chi connectivity index (χ2v) is 7.19. The fourth-order valence-electron chi connectivity index (χ4n) is 3.20. The van der Waals surface area contributed by atoms with E-state index in [0.717, 1.165) is 38.5 Å². The van der Waals surface area contributed by atoms with Crippen molar-refractivity contribution >= 4 is 34.9 Å². The molecule has 0 bridgehead atoms. The predicted octanol–water partition coefficient (Wildman–Crippen LogP) is 1.33. The van der Waals surface area contributed by atoms with Gasteiger partial charge in [0, 0.05) is 58.1 Å². The van der Waals surface area contributed by atoms with E-state index in [1.54, 1.807) is 12.3 Å². The average Bonchev–Trinajstić information content (AvgIpc) is 2.57. The topological polar surface area (TPSA) is 51.7 Å². The van der Waals surface area contributed by atoms with Gasteiger partial charge in [0.1, 0.15) is 5.82 Å². The van der Waals surface area contributed by atoms with Crippen LogP contribution in [0, 0.1) is 0 Å². The molecule has 2 aliphatic heterocycles. The number of amides is 1. The van der Waals surface area contributed by atoms with Gasteiger partial charge in [-0.25, -0.2) is 4.98 Å². The van der Waals surface area contributed by atoms with Gasteiger partial charge in [-0.15, -0.1) is 0 Å². The molecule has 0 aromatic carbocycles. The van der Waals surface area contributed by atoms with Crippen molar-refractivity contribution in [1.82, 2.24) is 20.1 Å². The molecule has 8 heteroatoms. The quantitative estimate of drug-likeness (QED) is 0.868. The van der Waals surface area contributed by atoms with Gasteiger partial charge >= 0.3 is 0 Å². The molecule has 2 saturated heterocycles. The third kappa shape index (κ3) is 4.11. The first-order valence-electron chi connectivity index (χ1n) is 8.33. The van der Waals surface area contributed by atoms with Crippen molar-refractivity contribution in [2.75, 3.05) is 57.3 Å². The van der Waals surface area contributed by atoms with Crippen molar-refractivity contribution in [2.45, 2.75) is 13.0 Å². The van der Waals surface area contributed by atoms with Gasteiger partial charge in [-0.3, -0.25) is 9.69 Å². The first-order chi connectivity index (χ1) is 11.5. The second kappa shape index (κ2) is 7.87. The van der Waals surface area contributed by atoms with Crippen LogP contribution in [0.25, 0.3) is 0 Å². The largest absolute Gasteiger partial charge is 0.352 e. The molecule has 0 saturated carbocycles. The molecule has 0 unspecified atom stereocenters. The highest BCUT2D eigenvalue weighted by molar-refractivity contribution is 6.36. The maximum Gasteiger partial charge on any atom is 0.236 e. The monoisotopic (exact) mass is 371 g/mol. The fraction of sp³-hybridized carbons (Fsp3) is 0.625. The number of pyridine rings is 1. The first kappa shape index (κ1) is 17.7. The number of nitrogens with zero attached hydrogens (tertiary/aromatic N) is 4. The molecule has 1 aromatic rings.